The zero-order chi connectivity index (χ0) is 11.7. The van der Waals surface area contributed by atoms with Crippen molar-refractivity contribution in [1.82, 2.24) is 20.2 Å². The highest BCUT2D eigenvalue weighted by molar-refractivity contribution is 9.10. The average Bonchev–Trinajstić information content (AvgIpc) is 2.63. The Labute approximate surface area is 101 Å². The molecule has 16 heavy (non-hydrogen) atoms. The van der Waals surface area contributed by atoms with Crippen LogP contribution in [0.1, 0.15) is 25.3 Å². The van der Waals surface area contributed by atoms with Crippen LogP contribution in [0.15, 0.2) is 27.5 Å². The van der Waals surface area contributed by atoms with Gasteiger partial charge in [0.15, 0.2) is 0 Å². The first-order valence-corrected chi connectivity index (χ1v) is 5.69. The van der Waals surface area contributed by atoms with Crippen LogP contribution >= 0.6 is 15.9 Å². The molecule has 1 heterocycles. The van der Waals surface area contributed by atoms with E-state index in [0.29, 0.717) is 11.6 Å². The number of aromatic nitrogens is 4. The molecule has 0 saturated carbocycles. The second-order valence-corrected chi connectivity index (χ2v) is 4.63. The van der Waals surface area contributed by atoms with Crippen molar-refractivity contribution in [3.63, 3.8) is 0 Å². The molecule has 6 heteroatoms. The summed E-state index contributed by atoms with van der Waals surface area (Å²) in [6.07, 6.45) is 0. The van der Waals surface area contributed by atoms with Crippen LogP contribution < -0.4 is 5.69 Å². The van der Waals surface area contributed by atoms with E-state index in [1.54, 1.807) is 0 Å². The number of rotatable bonds is 2. The van der Waals surface area contributed by atoms with Gasteiger partial charge in [-0.2, -0.15) is 4.68 Å². The van der Waals surface area contributed by atoms with E-state index in [9.17, 15) is 4.79 Å². The summed E-state index contributed by atoms with van der Waals surface area (Å²) in [7, 11) is 0. The van der Waals surface area contributed by atoms with Crippen molar-refractivity contribution >= 4 is 15.9 Å². The topological polar surface area (TPSA) is 63.6 Å². The lowest BCUT2D eigenvalue weighted by Gasteiger charge is -2.09. The second kappa shape index (κ2) is 4.21. The number of hydrogen-bond acceptors (Lipinski definition) is 3. The van der Waals surface area contributed by atoms with Crippen LogP contribution in [0.2, 0.25) is 0 Å². The maximum atomic E-state index is 11.3. The summed E-state index contributed by atoms with van der Waals surface area (Å²) in [6, 6.07) is 5.69. The average molecular weight is 283 g/mol. The van der Waals surface area contributed by atoms with E-state index in [-0.39, 0.29) is 5.69 Å². The Bertz CT molecular complexity index is 558. The van der Waals surface area contributed by atoms with Crippen molar-refractivity contribution in [1.29, 1.82) is 0 Å². The number of benzene rings is 1. The first-order valence-electron chi connectivity index (χ1n) is 4.90. The van der Waals surface area contributed by atoms with Crippen molar-refractivity contribution in [3.05, 3.63) is 38.7 Å². The second-order valence-electron chi connectivity index (χ2n) is 3.78. The van der Waals surface area contributed by atoms with Crippen LogP contribution in [0.5, 0.6) is 0 Å². The molecule has 0 aliphatic carbocycles. The molecule has 0 fully saturated rings. The third-order valence-corrected chi connectivity index (χ3v) is 3.01. The van der Waals surface area contributed by atoms with Crippen molar-refractivity contribution in [3.8, 4) is 5.69 Å². The highest BCUT2D eigenvalue weighted by atomic mass is 79.9. The van der Waals surface area contributed by atoms with Gasteiger partial charge in [-0.05, 0) is 34.0 Å². The smallest absolute Gasteiger partial charge is 0.244 e. The van der Waals surface area contributed by atoms with E-state index in [1.807, 2.05) is 18.2 Å². The number of halogens is 1. The van der Waals surface area contributed by atoms with E-state index >= 15 is 0 Å². The minimum Gasteiger partial charge on any atom is -0.244 e. The molecule has 2 rings (SSSR count). The molecule has 0 saturated heterocycles. The summed E-state index contributed by atoms with van der Waals surface area (Å²) in [5, 5.41) is 9.38. The molecule has 0 aliphatic rings. The first kappa shape index (κ1) is 11.1. The maximum absolute atomic E-state index is 11.3. The summed E-state index contributed by atoms with van der Waals surface area (Å²) in [5.74, 6) is 0.428. The standard InChI is InChI=1S/C10H11BrN4O/c1-6(2)8-4-3-7(5-9(8)11)15-10(16)12-13-14-15/h3-6H,1-2H3,(H,12,14,16). The lowest BCUT2D eigenvalue weighted by molar-refractivity contribution is 0.776. The molecule has 5 nitrogen and oxygen atoms in total. The summed E-state index contributed by atoms with van der Waals surface area (Å²) in [6.45, 7) is 4.23. The molecule has 0 amide bonds. The third kappa shape index (κ3) is 1.92. The third-order valence-electron chi connectivity index (χ3n) is 2.32. The van der Waals surface area contributed by atoms with Crippen LogP contribution in [-0.4, -0.2) is 20.2 Å². The van der Waals surface area contributed by atoms with Gasteiger partial charge >= 0.3 is 5.69 Å². The Morgan fingerprint density at radius 1 is 1.44 bits per heavy atom. The molecule has 1 aromatic carbocycles. The van der Waals surface area contributed by atoms with Gasteiger partial charge < -0.3 is 0 Å². The fourth-order valence-electron chi connectivity index (χ4n) is 1.48. The Hall–Kier alpha value is -1.43. The molecule has 0 bridgehead atoms. The van der Waals surface area contributed by atoms with Gasteiger partial charge in [0.25, 0.3) is 0 Å². The van der Waals surface area contributed by atoms with E-state index in [1.165, 1.54) is 10.2 Å². The molecule has 84 valence electrons. The van der Waals surface area contributed by atoms with Gasteiger partial charge in [0, 0.05) is 4.47 Å². The first-order chi connectivity index (χ1) is 7.59. The van der Waals surface area contributed by atoms with E-state index < -0.39 is 0 Å². The van der Waals surface area contributed by atoms with Crippen LogP contribution in [0.3, 0.4) is 0 Å². The normalized spacial score (nSPS) is 11.0. The van der Waals surface area contributed by atoms with Gasteiger partial charge in [0.1, 0.15) is 0 Å². The summed E-state index contributed by atoms with van der Waals surface area (Å²) in [5.41, 5.74) is 1.54. The molecule has 2 aromatic rings. The highest BCUT2D eigenvalue weighted by Gasteiger charge is 2.08. The van der Waals surface area contributed by atoms with E-state index in [4.69, 9.17) is 0 Å². The minimum atomic E-state index is -0.343. The largest absolute Gasteiger partial charge is 0.365 e. The lowest BCUT2D eigenvalue weighted by Crippen LogP contribution is -2.16. The Morgan fingerprint density at radius 2 is 2.19 bits per heavy atom. The predicted octanol–water partition coefficient (Wildman–Crippen LogP) is 1.84. The van der Waals surface area contributed by atoms with Crippen molar-refractivity contribution < 1.29 is 0 Å². The van der Waals surface area contributed by atoms with Gasteiger partial charge in [0.05, 0.1) is 5.69 Å². The molecular weight excluding hydrogens is 272 g/mol. The van der Waals surface area contributed by atoms with E-state index in [2.05, 4.69) is 45.3 Å². The lowest BCUT2D eigenvalue weighted by atomic mass is 10.0. The van der Waals surface area contributed by atoms with Crippen molar-refractivity contribution in [2.24, 2.45) is 0 Å². The monoisotopic (exact) mass is 282 g/mol. The zero-order valence-electron chi connectivity index (χ0n) is 8.94. The number of tetrazole rings is 1. The van der Waals surface area contributed by atoms with Crippen LogP contribution in [-0.2, 0) is 0 Å². The molecule has 0 atom stereocenters. The maximum Gasteiger partial charge on any atom is 0.365 e. The quantitative estimate of drug-likeness (QED) is 0.914. The molecule has 0 aliphatic heterocycles. The van der Waals surface area contributed by atoms with Gasteiger partial charge in [-0.25, -0.2) is 9.89 Å². The summed E-state index contributed by atoms with van der Waals surface area (Å²) in [4.78, 5) is 11.3. The van der Waals surface area contributed by atoms with Crippen molar-refractivity contribution in [2.45, 2.75) is 19.8 Å². The molecule has 1 N–H and O–H groups in total. The summed E-state index contributed by atoms with van der Waals surface area (Å²) < 4.78 is 2.18. The fraction of sp³-hybridized carbons (Fsp3) is 0.300. The van der Waals surface area contributed by atoms with Crippen LogP contribution in [0, 0.1) is 0 Å². The predicted molar refractivity (Wildman–Crippen MR) is 63.8 cm³/mol. The number of aromatic amines is 1. The molecule has 0 unspecified atom stereocenters. The number of nitrogens with zero attached hydrogens (tertiary/aromatic N) is 3. The zero-order valence-corrected chi connectivity index (χ0v) is 10.5. The summed E-state index contributed by atoms with van der Waals surface area (Å²) >= 11 is 3.48. The van der Waals surface area contributed by atoms with Gasteiger partial charge in [0.2, 0.25) is 0 Å². The number of H-pyrrole nitrogens is 1. The van der Waals surface area contributed by atoms with Gasteiger partial charge in [-0.1, -0.05) is 35.8 Å². The van der Waals surface area contributed by atoms with Crippen LogP contribution in [0.25, 0.3) is 5.69 Å². The Kier molecular flexibility index (Phi) is 2.91. The van der Waals surface area contributed by atoms with Crippen LogP contribution in [0.4, 0.5) is 0 Å². The SMILES string of the molecule is CC(C)c1ccc(-n2nn[nH]c2=O)cc1Br. The number of nitrogens with one attached hydrogen (secondary N) is 1. The molecule has 0 spiro atoms. The Morgan fingerprint density at radius 3 is 2.69 bits per heavy atom. The number of hydrogen-bond donors (Lipinski definition) is 1. The van der Waals surface area contributed by atoms with Crippen molar-refractivity contribution in [2.75, 3.05) is 0 Å². The molecule has 1 aromatic heterocycles. The van der Waals surface area contributed by atoms with E-state index in [0.717, 1.165) is 4.47 Å². The fourth-order valence-corrected chi connectivity index (χ4v) is 2.31. The minimum absolute atomic E-state index is 0.343. The highest BCUT2D eigenvalue weighted by Crippen LogP contribution is 2.26. The Balaban J connectivity index is 2.50. The molecule has 0 radical (unpaired) electrons. The van der Waals surface area contributed by atoms with Gasteiger partial charge in [-0.3, -0.25) is 0 Å². The van der Waals surface area contributed by atoms with Gasteiger partial charge in [-0.15, -0.1) is 0 Å². The molecular formula is C10H11BrN4O.